The first-order valence-electron chi connectivity index (χ1n) is 3.68. The van der Waals surface area contributed by atoms with Crippen molar-refractivity contribution in [3.8, 4) is 0 Å². The molecular formula is C8H13NS. The molecule has 0 aliphatic carbocycles. The minimum atomic E-state index is 1.11. The number of rotatable bonds is 2. The van der Waals surface area contributed by atoms with Gasteiger partial charge in [0, 0.05) is 5.70 Å². The second kappa shape index (κ2) is 3.71. The molecule has 0 saturated carbocycles. The van der Waals surface area contributed by atoms with Crippen LogP contribution in [-0.4, -0.2) is 0 Å². The Kier molecular flexibility index (Phi) is 2.87. The van der Waals surface area contributed by atoms with Crippen molar-refractivity contribution in [2.45, 2.75) is 26.7 Å². The molecule has 1 N–H and O–H groups in total. The maximum atomic E-state index is 3.28. The zero-order valence-electron chi connectivity index (χ0n) is 6.48. The molecule has 0 spiro atoms. The monoisotopic (exact) mass is 155 g/mol. The van der Waals surface area contributed by atoms with E-state index in [-0.39, 0.29) is 0 Å². The Bertz CT molecular complexity index is 170. The molecule has 0 aromatic rings. The van der Waals surface area contributed by atoms with Crippen LogP contribution in [0.4, 0.5) is 0 Å². The molecule has 1 aliphatic heterocycles. The molecular weight excluding hydrogens is 142 g/mol. The third-order valence-electron chi connectivity index (χ3n) is 1.64. The lowest BCUT2D eigenvalue weighted by Gasteiger charge is -2.14. The second-order valence-corrected chi connectivity index (χ2v) is 2.95. The first kappa shape index (κ1) is 7.73. The average molecular weight is 155 g/mol. The molecule has 56 valence electrons. The fourth-order valence-corrected chi connectivity index (χ4v) is 1.74. The van der Waals surface area contributed by atoms with Crippen LogP contribution in [0.5, 0.6) is 0 Å². The van der Waals surface area contributed by atoms with Gasteiger partial charge in [-0.3, -0.25) is 0 Å². The molecule has 0 atom stereocenters. The quantitative estimate of drug-likeness (QED) is 0.615. The maximum Gasteiger partial charge on any atom is 0.0243 e. The molecule has 1 rings (SSSR count). The third kappa shape index (κ3) is 1.57. The Morgan fingerprint density at radius 3 is 2.70 bits per heavy atom. The second-order valence-electron chi connectivity index (χ2n) is 2.23. The van der Waals surface area contributed by atoms with E-state index in [1.807, 2.05) is 0 Å². The highest BCUT2D eigenvalue weighted by Gasteiger charge is 2.02. The summed E-state index contributed by atoms with van der Waals surface area (Å²) in [6.07, 6.45) is 4.44. The van der Waals surface area contributed by atoms with Gasteiger partial charge in [-0.1, -0.05) is 13.8 Å². The maximum absolute atomic E-state index is 3.28. The molecule has 0 radical (unpaired) electrons. The lowest BCUT2D eigenvalue weighted by atomic mass is 10.1. The Balaban J connectivity index is 2.73. The lowest BCUT2D eigenvalue weighted by Crippen LogP contribution is -2.06. The molecule has 1 heterocycles. The minimum Gasteiger partial charge on any atom is -0.330 e. The molecule has 0 saturated heterocycles. The number of nitrogens with one attached hydrogen (secondary N) is 1. The predicted octanol–water partition coefficient (Wildman–Crippen LogP) is 2.83. The Hall–Kier alpha value is -0.370. The van der Waals surface area contributed by atoms with Gasteiger partial charge in [-0.05, 0) is 41.8 Å². The topological polar surface area (TPSA) is 12.0 Å². The van der Waals surface area contributed by atoms with Crippen molar-refractivity contribution in [2.75, 3.05) is 0 Å². The van der Waals surface area contributed by atoms with Crippen LogP contribution in [0.1, 0.15) is 26.7 Å². The molecule has 2 heteroatoms. The zero-order chi connectivity index (χ0) is 7.40. The summed E-state index contributed by atoms with van der Waals surface area (Å²) in [7, 11) is 0. The molecule has 1 nitrogen and oxygen atoms in total. The SMILES string of the molecule is CCC1=C(CC)NSC=C1. The van der Waals surface area contributed by atoms with Crippen molar-refractivity contribution >= 4 is 11.9 Å². The van der Waals surface area contributed by atoms with E-state index in [1.54, 1.807) is 11.9 Å². The summed E-state index contributed by atoms with van der Waals surface area (Å²) in [5.74, 6) is 0. The highest BCUT2D eigenvalue weighted by molar-refractivity contribution is 8.00. The molecule has 0 unspecified atom stereocenters. The van der Waals surface area contributed by atoms with E-state index in [0.29, 0.717) is 0 Å². The van der Waals surface area contributed by atoms with Crippen LogP contribution in [0.2, 0.25) is 0 Å². The fourth-order valence-electron chi connectivity index (χ4n) is 1.02. The third-order valence-corrected chi connectivity index (χ3v) is 2.28. The van der Waals surface area contributed by atoms with Gasteiger partial charge in [0.2, 0.25) is 0 Å². The van der Waals surface area contributed by atoms with Crippen LogP contribution in [0.25, 0.3) is 0 Å². The van der Waals surface area contributed by atoms with Gasteiger partial charge in [0.15, 0.2) is 0 Å². The van der Waals surface area contributed by atoms with Crippen molar-refractivity contribution in [1.29, 1.82) is 0 Å². The summed E-state index contributed by atoms with van der Waals surface area (Å²) in [5, 5.41) is 2.10. The van der Waals surface area contributed by atoms with Crippen LogP contribution >= 0.6 is 11.9 Å². The molecule has 0 aromatic heterocycles. The van der Waals surface area contributed by atoms with Crippen LogP contribution < -0.4 is 4.72 Å². The summed E-state index contributed by atoms with van der Waals surface area (Å²) < 4.78 is 3.28. The van der Waals surface area contributed by atoms with Crippen LogP contribution in [0, 0.1) is 0 Å². The van der Waals surface area contributed by atoms with Crippen molar-refractivity contribution in [1.82, 2.24) is 4.72 Å². The Morgan fingerprint density at radius 2 is 2.20 bits per heavy atom. The van der Waals surface area contributed by atoms with Gasteiger partial charge in [-0.25, -0.2) is 0 Å². The van der Waals surface area contributed by atoms with Crippen molar-refractivity contribution < 1.29 is 0 Å². The van der Waals surface area contributed by atoms with Gasteiger partial charge < -0.3 is 4.72 Å². The van der Waals surface area contributed by atoms with E-state index in [2.05, 4.69) is 30.1 Å². The Labute approximate surface area is 66.7 Å². The van der Waals surface area contributed by atoms with Crippen LogP contribution in [0.3, 0.4) is 0 Å². The minimum absolute atomic E-state index is 1.11. The number of allylic oxidation sites excluding steroid dienone is 3. The highest BCUT2D eigenvalue weighted by atomic mass is 32.2. The normalized spacial score (nSPS) is 17.4. The average Bonchev–Trinajstić information content (AvgIpc) is 2.04. The van der Waals surface area contributed by atoms with Gasteiger partial charge in [0.05, 0.1) is 0 Å². The highest BCUT2D eigenvalue weighted by Crippen LogP contribution is 2.19. The largest absolute Gasteiger partial charge is 0.330 e. The van der Waals surface area contributed by atoms with E-state index in [4.69, 9.17) is 0 Å². The van der Waals surface area contributed by atoms with Gasteiger partial charge in [0.1, 0.15) is 0 Å². The summed E-state index contributed by atoms with van der Waals surface area (Å²) >= 11 is 1.66. The summed E-state index contributed by atoms with van der Waals surface area (Å²) in [6.45, 7) is 4.37. The van der Waals surface area contributed by atoms with E-state index in [0.717, 1.165) is 12.8 Å². The molecule has 0 aromatic carbocycles. The number of hydrogen-bond donors (Lipinski definition) is 1. The van der Waals surface area contributed by atoms with Crippen molar-refractivity contribution in [3.05, 3.63) is 22.8 Å². The van der Waals surface area contributed by atoms with Gasteiger partial charge in [-0.2, -0.15) is 0 Å². The number of hydrogen-bond acceptors (Lipinski definition) is 2. The van der Waals surface area contributed by atoms with Gasteiger partial charge >= 0.3 is 0 Å². The van der Waals surface area contributed by atoms with E-state index < -0.39 is 0 Å². The van der Waals surface area contributed by atoms with Crippen LogP contribution in [0.15, 0.2) is 22.8 Å². The first-order chi connectivity index (χ1) is 4.88. The Morgan fingerprint density at radius 1 is 1.40 bits per heavy atom. The summed E-state index contributed by atoms with van der Waals surface area (Å²) in [4.78, 5) is 0. The molecule has 1 aliphatic rings. The van der Waals surface area contributed by atoms with E-state index >= 15 is 0 Å². The molecule has 0 fully saturated rings. The van der Waals surface area contributed by atoms with Gasteiger partial charge in [-0.15, -0.1) is 0 Å². The van der Waals surface area contributed by atoms with Gasteiger partial charge in [0.25, 0.3) is 0 Å². The molecule has 10 heavy (non-hydrogen) atoms. The van der Waals surface area contributed by atoms with E-state index in [9.17, 15) is 0 Å². The zero-order valence-corrected chi connectivity index (χ0v) is 7.29. The fraction of sp³-hybridized carbons (Fsp3) is 0.500. The summed E-state index contributed by atoms with van der Waals surface area (Å²) in [6, 6.07) is 0. The van der Waals surface area contributed by atoms with Crippen molar-refractivity contribution in [3.63, 3.8) is 0 Å². The molecule has 0 amide bonds. The molecule has 0 bridgehead atoms. The predicted molar refractivity (Wildman–Crippen MR) is 47.5 cm³/mol. The van der Waals surface area contributed by atoms with Crippen LogP contribution in [-0.2, 0) is 0 Å². The van der Waals surface area contributed by atoms with Crippen molar-refractivity contribution in [2.24, 2.45) is 0 Å². The smallest absolute Gasteiger partial charge is 0.0243 e. The van der Waals surface area contributed by atoms with E-state index in [1.165, 1.54) is 11.3 Å². The standard InChI is InChI=1S/C8H13NS/c1-3-7-5-6-10-9-8(7)4-2/h5-6,9H,3-4H2,1-2H3. The first-order valence-corrected chi connectivity index (χ1v) is 4.56. The lowest BCUT2D eigenvalue weighted by molar-refractivity contribution is 0.954. The summed E-state index contributed by atoms with van der Waals surface area (Å²) in [5.41, 5.74) is 2.83.